The molecule has 7 heteroatoms. The topological polar surface area (TPSA) is 121 Å². The molecule has 0 bridgehead atoms. The molecule has 1 radical (unpaired) electrons. The first-order valence-corrected chi connectivity index (χ1v) is 12.0. The number of hydrogen-bond donors (Lipinski definition) is 2. The largest absolute Gasteiger partial charge is 2.00 e. The van der Waals surface area contributed by atoms with Gasteiger partial charge in [0.1, 0.15) is 0 Å². The molecular weight excluding hydrogens is 477 g/mol. The Morgan fingerprint density at radius 2 is 0.774 bits per heavy atom. The van der Waals surface area contributed by atoms with Gasteiger partial charge in [0.25, 0.3) is 0 Å². The van der Waals surface area contributed by atoms with Gasteiger partial charge >= 0.3 is 22.4 Å². The maximum absolute atomic E-state index is 9.92. The quantitative estimate of drug-likeness (QED) is 0.233. The van der Waals surface area contributed by atoms with Gasteiger partial charge in [0, 0.05) is 25.2 Å². The van der Waals surface area contributed by atoms with Gasteiger partial charge in [-0.2, -0.15) is 0 Å². The van der Waals surface area contributed by atoms with E-state index in [0.717, 1.165) is 64.2 Å². The Morgan fingerprint density at radius 3 is 0.935 bits per heavy atom. The molecule has 2 N–H and O–H groups in total. The van der Waals surface area contributed by atoms with Gasteiger partial charge in [0.15, 0.2) is 0 Å². The van der Waals surface area contributed by atoms with Crippen LogP contribution >= 0.6 is 0 Å². The van der Waals surface area contributed by atoms with Gasteiger partial charge < -0.3 is 30.0 Å². The summed E-state index contributed by atoms with van der Waals surface area (Å²) in [7, 11) is 0. The van der Waals surface area contributed by atoms with Crippen LogP contribution in [0.25, 0.3) is 0 Å². The van der Waals surface area contributed by atoms with Crippen LogP contribution in [0.2, 0.25) is 0 Å². The monoisotopic (exact) mass is 527 g/mol. The fraction of sp³-hybridized carbons (Fsp3) is 0.917. The average Bonchev–Trinajstić information content (AvgIpc) is 2.70. The van der Waals surface area contributed by atoms with Gasteiger partial charge in [0.2, 0.25) is 0 Å². The minimum Gasteiger partial charge on any atom is -0.550 e. The number of hydrogen-bond acceptors (Lipinski definition) is 6. The number of carbonyl (C=O) groups excluding carboxylic acids is 2. The van der Waals surface area contributed by atoms with E-state index in [4.69, 9.17) is 10.2 Å². The second kappa shape index (κ2) is 43.5. The SMILES string of the molecule is CCCCCCCC(=O)[O-].CCCCCCCC(=O)[O-].CCCCO.CCCCO.[Nb+2]. The van der Waals surface area contributed by atoms with Crippen molar-refractivity contribution < 1.29 is 52.4 Å². The van der Waals surface area contributed by atoms with Crippen molar-refractivity contribution in [1.82, 2.24) is 0 Å². The van der Waals surface area contributed by atoms with Crippen molar-refractivity contribution in [1.29, 1.82) is 0 Å². The summed E-state index contributed by atoms with van der Waals surface area (Å²) in [5, 5.41) is 36.0. The molecule has 0 unspecified atom stereocenters. The maximum atomic E-state index is 9.92. The Morgan fingerprint density at radius 1 is 0.516 bits per heavy atom. The number of aliphatic hydroxyl groups is 2. The first-order valence-electron chi connectivity index (χ1n) is 12.0. The molecule has 0 spiro atoms. The van der Waals surface area contributed by atoms with Gasteiger partial charge in [-0.1, -0.05) is 91.9 Å². The van der Waals surface area contributed by atoms with E-state index in [1.54, 1.807) is 0 Å². The summed E-state index contributed by atoms with van der Waals surface area (Å²) >= 11 is 0. The molecule has 0 aliphatic carbocycles. The molecule has 0 aromatic rings. The first kappa shape index (κ1) is 40.9. The van der Waals surface area contributed by atoms with Crippen LogP contribution in [0.4, 0.5) is 0 Å². The molecular formula is C24H50NbO6. The summed E-state index contributed by atoms with van der Waals surface area (Å²) in [4.78, 5) is 19.8. The first-order chi connectivity index (χ1) is 14.4. The van der Waals surface area contributed by atoms with Crippen molar-refractivity contribution in [2.24, 2.45) is 0 Å². The Kier molecular flexibility index (Phi) is 57.4. The standard InChI is InChI=1S/2C8H16O2.2C4H10O.Nb/c2*1-2-3-4-5-6-7-8(9)10;2*1-2-3-4-5;/h2*2-7H2,1H3,(H,9,10);2*5H,2-4H2,1H3;/q;;;;+2/p-2. The van der Waals surface area contributed by atoms with E-state index < -0.39 is 11.9 Å². The van der Waals surface area contributed by atoms with Gasteiger partial charge in [-0.05, 0) is 38.5 Å². The molecule has 0 aromatic carbocycles. The average molecular weight is 528 g/mol. The summed E-state index contributed by atoms with van der Waals surface area (Å²) in [5.41, 5.74) is 0. The van der Waals surface area contributed by atoms with Crippen LogP contribution in [0, 0.1) is 0 Å². The molecule has 0 rings (SSSR count). The molecule has 0 atom stereocenters. The van der Waals surface area contributed by atoms with Crippen molar-refractivity contribution >= 4 is 11.9 Å². The third-order valence-electron chi connectivity index (χ3n) is 3.99. The number of carbonyl (C=O) groups is 2. The number of aliphatic carboxylic acids is 2. The van der Waals surface area contributed by atoms with Crippen LogP contribution in [-0.2, 0) is 32.0 Å². The van der Waals surface area contributed by atoms with Crippen LogP contribution in [0.15, 0.2) is 0 Å². The summed E-state index contributed by atoms with van der Waals surface area (Å²) in [6, 6.07) is 0. The number of carboxylic acid groups (broad SMARTS) is 2. The molecule has 0 aliphatic rings. The minimum absolute atomic E-state index is 0. The Labute approximate surface area is 207 Å². The molecule has 0 amide bonds. The van der Waals surface area contributed by atoms with E-state index in [9.17, 15) is 19.8 Å². The van der Waals surface area contributed by atoms with Crippen LogP contribution in [-0.4, -0.2) is 35.4 Å². The minimum atomic E-state index is -0.920. The van der Waals surface area contributed by atoms with Gasteiger partial charge in [0.05, 0.1) is 0 Å². The predicted molar refractivity (Wildman–Crippen MR) is 121 cm³/mol. The predicted octanol–water partition coefficient (Wildman–Crippen LogP) is 3.75. The number of rotatable bonds is 16. The fourth-order valence-corrected chi connectivity index (χ4v) is 2.06. The molecule has 187 valence electrons. The zero-order valence-corrected chi connectivity index (χ0v) is 22.9. The Bertz CT molecular complexity index is 280. The molecule has 0 fully saturated rings. The van der Waals surface area contributed by atoms with Gasteiger partial charge in [-0.15, -0.1) is 0 Å². The Hall–Kier alpha value is -0.400. The fourth-order valence-electron chi connectivity index (χ4n) is 2.06. The summed E-state index contributed by atoms with van der Waals surface area (Å²) < 4.78 is 0. The van der Waals surface area contributed by atoms with Crippen LogP contribution < -0.4 is 10.2 Å². The van der Waals surface area contributed by atoms with Gasteiger partial charge in [-0.3, -0.25) is 0 Å². The van der Waals surface area contributed by atoms with E-state index in [-0.39, 0.29) is 35.2 Å². The molecule has 0 aromatic heterocycles. The molecule has 0 saturated carbocycles. The summed E-state index contributed by atoms with van der Waals surface area (Å²) in [6.45, 7) is 9.07. The van der Waals surface area contributed by atoms with Crippen molar-refractivity contribution in [3.63, 3.8) is 0 Å². The molecule has 0 saturated heterocycles. The van der Waals surface area contributed by atoms with E-state index in [2.05, 4.69) is 27.7 Å². The second-order valence-electron chi connectivity index (χ2n) is 7.23. The normalized spacial score (nSPS) is 8.97. The smallest absolute Gasteiger partial charge is 0.550 e. The number of unbranched alkanes of at least 4 members (excludes halogenated alkanes) is 10. The van der Waals surface area contributed by atoms with Crippen LogP contribution in [0.3, 0.4) is 0 Å². The molecule has 0 aliphatic heterocycles. The van der Waals surface area contributed by atoms with Crippen molar-refractivity contribution in [2.45, 2.75) is 130 Å². The van der Waals surface area contributed by atoms with E-state index in [1.807, 2.05) is 0 Å². The molecule has 0 heterocycles. The van der Waals surface area contributed by atoms with E-state index in [1.165, 1.54) is 25.7 Å². The van der Waals surface area contributed by atoms with Crippen molar-refractivity contribution in [3.05, 3.63) is 0 Å². The Balaban J connectivity index is -0.000000101. The number of aliphatic hydroxyl groups excluding tert-OH is 2. The van der Waals surface area contributed by atoms with Crippen molar-refractivity contribution in [3.8, 4) is 0 Å². The van der Waals surface area contributed by atoms with E-state index >= 15 is 0 Å². The van der Waals surface area contributed by atoms with Crippen LogP contribution in [0.1, 0.15) is 130 Å². The van der Waals surface area contributed by atoms with Crippen molar-refractivity contribution in [2.75, 3.05) is 13.2 Å². The maximum Gasteiger partial charge on any atom is 2.00 e. The van der Waals surface area contributed by atoms with E-state index in [0.29, 0.717) is 13.2 Å². The third-order valence-corrected chi connectivity index (χ3v) is 3.99. The zero-order chi connectivity index (χ0) is 23.9. The molecule has 6 nitrogen and oxygen atoms in total. The third kappa shape index (κ3) is 72.8. The summed E-state index contributed by atoms with van der Waals surface area (Å²) in [6.07, 6.45) is 15.3. The number of carboxylic acids is 2. The van der Waals surface area contributed by atoms with Gasteiger partial charge in [-0.25, -0.2) is 0 Å². The van der Waals surface area contributed by atoms with Crippen LogP contribution in [0.5, 0.6) is 0 Å². The second-order valence-corrected chi connectivity index (χ2v) is 7.23. The molecule has 31 heavy (non-hydrogen) atoms. The summed E-state index contributed by atoms with van der Waals surface area (Å²) in [5.74, 6) is -1.84. The zero-order valence-electron chi connectivity index (χ0n) is 20.7.